The number of fused-ring (bicyclic) bond motifs is 1. The number of carbonyl (C=O) groups excluding carboxylic acids is 1. The SMILES string of the molecule is O=C(Cc1c[nH]c2cc(Cl)ccc12)N1CCCC1. The Bertz CT molecular complexity index is 584. The molecule has 1 amide bonds. The lowest BCUT2D eigenvalue weighted by atomic mass is 10.1. The maximum absolute atomic E-state index is 12.1. The van der Waals surface area contributed by atoms with Crippen LogP contribution in [0.15, 0.2) is 24.4 Å². The summed E-state index contributed by atoms with van der Waals surface area (Å²) in [7, 11) is 0. The second-order valence-electron chi connectivity index (χ2n) is 4.77. The van der Waals surface area contributed by atoms with E-state index in [1.807, 2.05) is 29.3 Å². The maximum Gasteiger partial charge on any atom is 0.227 e. The number of halogens is 1. The fraction of sp³-hybridized carbons (Fsp3) is 0.357. The standard InChI is InChI=1S/C14H15ClN2O/c15-11-3-4-12-10(9-16-13(12)8-11)7-14(18)17-5-1-2-6-17/h3-4,8-9,16H,1-2,5-7H2. The molecule has 2 heterocycles. The van der Waals surface area contributed by atoms with Gasteiger partial charge < -0.3 is 9.88 Å². The highest BCUT2D eigenvalue weighted by atomic mass is 35.5. The number of amides is 1. The van der Waals surface area contributed by atoms with E-state index in [0.717, 1.165) is 42.4 Å². The van der Waals surface area contributed by atoms with Crippen LogP contribution >= 0.6 is 11.6 Å². The number of nitrogens with one attached hydrogen (secondary N) is 1. The summed E-state index contributed by atoms with van der Waals surface area (Å²) < 4.78 is 0. The molecule has 1 fully saturated rings. The number of hydrogen-bond donors (Lipinski definition) is 1. The average Bonchev–Trinajstić information content (AvgIpc) is 2.98. The normalized spacial score (nSPS) is 15.5. The largest absolute Gasteiger partial charge is 0.361 e. The van der Waals surface area contributed by atoms with Crippen molar-refractivity contribution in [3.63, 3.8) is 0 Å². The molecular formula is C14H15ClN2O. The van der Waals surface area contributed by atoms with Gasteiger partial charge in [-0.2, -0.15) is 0 Å². The van der Waals surface area contributed by atoms with E-state index in [0.29, 0.717) is 11.4 Å². The molecular weight excluding hydrogens is 248 g/mol. The minimum atomic E-state index is 0.225. The molecule has 2 aromatic rings. The van der Waals surface area contributed by atoms with Crippen molar-refractivity contribution in [3.05, 3.63) is 35.0 Å². The smallest absolute Gasteiger partial charge is 0.227 e. The molecule has 0 spiro atoms. The summed E-state index contributed by atoms with van der Waals surface area (Å²) >= 11 is 5.94. The summed E-state index contributed by atoms with van der Waals surface area (Å²) in [6.07, 6.45) is 4.65. The third-order valence-electron chi connectivity index (χ3n) is 3.53. The van der Waals surface area contributed by atoms with Crippen molar-refractivity contribution in [3.8, 4) is 0 Å². The van der Waals surface area contributed by atoms with Crippen molar-refractivity contribution in [1.29, 1.82) is 0 Å². The Kier molecular flexibility index (Phi) is 3.00. The Balaban J connectivity index is 1.84. The van der Waals surface area contributed by atoms with Gasteiger partial charge in [0.1, 0.15) is 0 Å². The lowest BCUT2D eigenvalue weighted by Crippen LogP contribution is -2.28. The molecule has 3 nitrogen and oxygen atoms in total. The molecule has 94 valence electrons. The lowest BCUT2D eigenvalue weighted by molar-refractivity contribution is -0.129. The molecule has 1 aliphatic heterocycles. The van der Waals surface area contributed by atoms with Crippen molar-refractivity contribution in [2.45, 2.75) is 19.3 Å². The molecule has 0 unspecified atom stereocenters. The van der Waals surface area contributed by atoms with Crippen LogP contribution in [-0.4, -0.2) is 28.9 Å². The van der Waals surface area contributed by atoms with Crippen molar-refractivity contribution in [1.82, 2.24) is 9.88 Å². The summed E-state index contributed by atoms with van der Waals surface area (Å²) in [5.74, 6) is 0.225. The van der Waals surface area contributed by atoms with Crippen LogP contribution in [0.25, 0.3) is 10.9 Å². The Labute approximate surface area is 111 Å². The summed E-state index contributed by atoms with van der Waals surface area (Å²) in [4.78, 5) is 17.2. The molecule has 0 radical (unpaired) electrons. The van der Waals surface area contributed by atoms with Gasteiger partial charge in [-0.25, -0.2) is 0 Å². The highest BCUT2D eigenvalue weighted by Crippen LogP contribution is 2.23. The van der Waals surface area contributed by atoms with Gasteiger partial charge in [0, 0.05) is 35.2 Å². The molecule has 3 rings (SSSR count). The predicted octanol–water partition coefficient (Wildman–Crippen LogP) is 2.99. The van der Waals surface area contributed by atoms with Gasteiger partial charge in [0.05, 0.1) is 6.42 Å². The molecule has 0 aliphatic carbocycles. The van der Waals surface area contributed by atoms with Crippen molar-refractivity contribution >= 4 is 28.4 Å². The Morgan fingerprint density at radius 2 is 2.11 bits per heavy atom. The zero-order chi connectivity index (χ0) is 12.5. The maximum atomic E-state index is 12.1. The van der Waals surface area contributed by atoms with E-state index in [1.54, 1.807) is 0 Å². The highest BCUT2D eigenvalue weighted by Gasteiger charge is 2.19. The van der Waals surface area contributed by atoms with Crippen LogP contribution in [0.5, 0.6) is 0 Å². The molecule has 1 saturated heterocycles. The molecule has 4 heteroatoms. The number of H-pyrrole nitrogens is 1. The Morgan fingerprint density at radius 1 is 1.33 bits per heavy atom. The summed E-state index contributed by atoms with van der Waals surface area (Å²) in [5.41, 5.74) is 2.05. The fourth-order valence-corrected chi connectivity index (χ4v) is 2.72. The highest BCUT2D eigenvalue weighted by molar-refractivity contribution is 6.31. The van der Waals surface area contributed by atoms with E-state index in [2.05, 4.69) is 4.98 Å². The Morgan fingerprint density at radius 3 is 2.89 bits per heavy atom. The van der Waals surface area contributed by atoms with Gasteiger partial charge in [0.2, 0.25) is 5.91 Å². The third-order valence-corrected chi connectivity index (χ3v) is 3.77. The van der Waals surface area contributed by atoms with E-state index < -0.39 is 0 Å². The quantitative estimate of drug-likeness (QED) is 0.887. The van der Waals surface area contributed by atoms with E-state index in [1.165, 1.54) is 0 Å². The van der Waals surface area contributed by atoms with Crippen molar-refractivity contribution in [2.24, 2.45) is 0 Å². The minimum absolute atomic E-state index is 0.225. The predicted molar refractivity (Wildman–Crippen MR) is 72.8 cm³/mol. The van der Waals surface area contributed by atoms with E-state index >= 15 is 0 Å². The molecule has 1 aliphatic rings. The number of aromatic nitrogens is 1. The molecule has 0 saturated carbocycles. The number of aromatic amines is 1. The second-order valence-corrected chi connectivity index (χ2v) is 5.20. The number of likely N-dealkylation sites (tertiary alicyclic amines) is 1. The molecule has 18 heavy (non-hydrogen) atoms. The van der Waals surface area contributed by atoms with Crippen LogP contribution in [0.4, 0.5) is 0 Å². The van der Waals surface area contributed by atoms with Crippen LogP contribution in [0, 0.1) is 0 Å². The van der Waals surface area contributed by atoms with Gasteiger partial charge in [-0.3, -0.25) is 4.79 Å². The zero-order valence-corrected chi connectivity index (χ0v) is 10.8. The Hall–Kier alpha value is -1.48. The lowest BCUT2D eigenvalue weighted by Gasteiger charge is -2.14. The van der Waals surface area contributed by atoms with Crippen LogP contribution in [-0.2, 0) is 11.2 Å². The molecule has 0 bridgehead atoms. The summed E-state index contributed by atoms with van der Waals surface area (Å²) in [5, 5.41) is 1.80. The van der Waals surface area contributed by atoms with Gasteiger partial charge in [-0.1, -0.05) is 17.7 Å². The van der Waals surface area contributed by atoms with Crippen molar-refractivity contribution < 1.29 is 4.79 Å². The molecule has 1 aromatic carbocycles. The van der Waals surface area contributed by atoms with Gasteiger partial charge in [0.25, 0.3) is 0 Å². The molecule has 1 aromatic heterocycles. The third kappa shape index (κ3) is 2.10. The topological polar surface area (TPSA) is 36.1 Å². The first kappa shape index (κ1) is 11.6. The average molecular weight is 263 g/mol. The number of rotatable bonds is 2. The molecule has 1 N–H and O–H groups in total. The van der Waals surface area contributed by atoms with Crippen LogP contribution < -0.4 is 0 Å². The summed E-state index contributed by atoms with van der Waals surface area (Å²) in [6.45, 7) is 1.82. The number of benzene rings is 1. The first-order valence-corrected chi connectivity index (χ1v) is 6.65. The summed E-state index contributed by atoms with van der Waals surface area (Å²) in [6, 6.07) is 5.73. The molecule has 0 atom stereocenters. The van der Waals surface area contributed by atoms with Crippen LogP contribution in [0.1, 0.15) is 18.4 Å². The van der Waals surface area contributed by atoms with E-state index in [4.69, 9.17) is 11.6 Å². The van der Waals surface area contributed by atoms with E-state index in [-0.39, 0.29) is 5.91 Å². The number of carbonyl (C=O) groups is 1. The second kappa shape index (κ2) is 4.65. The number of nitrogens with zero attached hydrogens (tertiary/aromatic N) is 1. The zero-order valence-electron chi connectivity index (χ0n) is 10.1. The van der Waals surface area contributed by atoms with Gasteiger partial charge >= 0.3 is 0 Å². The van der Waals surface area contributed by atoms with E-state index in [9.17, 15) is 4.79 Å². The monoisotopic (exact) mass is 262 g/mol. The van der Waals surface area contributed by atoms with Crippen molar-refractivity contribution in [2.75, 3.05) is 13.1 Å². The number of hydrogen-bond acceptors (Lipinski definition) is 1. The first-order chi connectivity index (χ1) is 8.74. The van der Waals surface area contributed by atoms with Crippen LogP contribution in [0.3, 0.4) is 0 Å². The van der Waals surface area contributed by atoms with Crippen LogP contribution in [0.2, 0.25) is 5.02 Å². The van der Waals surface area contributed by atoms with Gasteiger partial charge in [-0.15, -0.1) is 0 Å². The van der Waals surface area contributed by atoms with Gasteiger partial charge in [-0.05, 0) is 30.5 Å². The minimum Gasteiger partial charge on any atom is -0.361 e. The van der Waals surface area contributed by atoms with Gasteiger partial charge in [0.15, 0.2) is 0 Å². The first-order valence-electron chi connectivity index (χ1n) is 6.27. The fourth-order valence-electron chi connectivity index (χ4n) is 2.55.